The molecule has 0 fully saturated rings. The largest absolute Gasteiger partial charge is 0.464 e. The van der Waals surface area contributed by atoms with E-state index < -0.39 is 15.8 Å². The Bertz CT molecular complexity index is 620. The summed E-state index contributed by atoms with van der Waals surface area (Å²) >= 11 is 0. The first-order chi connectivity index (χ1) is 8.04. The van der Waals surface area contributed by atoms with Crippen molar-refractivity contribution in [1.29, 1.82) is 0 Å². The smallest absolute Gasteiger partial charge is 0.240 e. The minimum Gasteiger partial charge on any atom is -0.464 e. The van der Waals surface area contributed by atoms with Crippen LogP contribution in [0, 0.1) is 5.82 Å². The maximum Gasteiger partial charge on any atom is 0.240 e. The molecular weight excluding hydrogens is 245 g/mol. The Morgan fingerprint density at radius 1 is 1.29 bits per heavy atom. The van der Waals surface area contributed by atoms with Crippen LogP contribution in [0.15, 0.2) is 45.9 Å². The number of hydrogen-bond acceptors (Lipinski definition) is 3. The fourth-order valence-corrected chi connectivity index (χ4v) is 2.17. The summed E-state index contributed by atoms with van der Waals surface area (Å²) in [4.78, 5) is -0.00667. The van der Waals surface area contributed by atoms with Crippen LogP contribution in [0.2, 0.25) is 0 Å². The van der Waals surface area contributed by atoms with Gasteiger partial charge in [-0.1, -0.05) is 0 Å². The SMILES string of the molecule is CNS(=O)(=O)c1ccc(F)c(-c2ccco2)c1. The number of rotatable bonds is 3. The highest BCUT2D eigenvalue weighted by atomic mass is 32.2. The molecule has 2 rings (SSSR count). The molecule has 6 heteroatoms. The molecule has 4 nitrogen and oxygen atoms in total. The highest BCUT2D eigenvalue weighted by molar-refractivity contribution is 7.89. The van der Waals surface area contributed by atoms with Gasteiger partial charge in [-0.2, -0.15) is 0 Å². The van der Waals surface area contributed by atoms with Gasteiger partial charge in [-0.15, -0.1) is 0 Å². The fraction of sp³-hybridized carbons (Fsp3) is 0.0909. The van der Waals surface area contributed by atoms with Gasteiger partial charge in [0.2, 0.25) is 10.0 Å². The minimum absolute atomic E-state index is 0.00667. The monoisotopic (exact) mass is 255 g/mol. The van der Waals surface area contributed by atoms with Gasteiger partial charge in [0.25, 0.3) is 0 Å². The van der Waals surface area contributed by atoms with Crippen LogP contribution in [0.5, 0.6) is 0 Å². The Balaban J connectivity index is 2.59. The number of hydrogen-bond donors (Lipinski definition) is 1. The van der Waals surface area contributed by atoms with Crippen molar-refractivity contribution < 1.29 is 17.2 Å². The highest BCUT2D eigenvalue weighted by Crippen LogP contribution is 2.25. The molecule has 0 aliphatic heterocycles. The maximum atomic E-state index is 13.5. The lowest BCUT2D eigenvalue weighted by molar-refractivity contribution is 0.568. The van der Waals surface area contributed by atoms with Crippen molar-refractivity contribution in [2.45, 2.75) is 4.90 Å². The molecule has 90 valence electrons. The predicted molar refractivity (Wildman–Crippen MR) is 60.3 cm³/mol. The Morgan fingerprint density at radius 2 is 2.06 bits per heavy atom. The van der Waals surface area contributed by atoms with E-state index in [1.165, 1.54) is 25.4 Å². The second-order valence-electron chi connectivity index (χ2n) is 3.33. The van der Waals surface area contributed by atoms with Gasteiger partial charge in [0, 0.05) is 0 Å². The molecule has 0 aliphatic carbocycles. The summed E-state index contributed by atoms with van der Waals surface area (Å²) < 4.78 is 43.9. The van der Waals surface area contributed by atoms with Gasteiger partial charge in [-0.25, -0.2) is 17.5 Å². The summed E-state index contributed by atoms with van der Waals surface area (Å²) in [6.45, 7) is 0. The molecule has 0 saturated carbocycles. The molecule has 0 aliphatic rings. The van der Waals surface area contributed by atoms with E-state index in [-0.39, 0.29) is 16.2 Å². The van der Waals surface area contributed by atoms with Crippen LogP contribution in [0.25, 0.3) is 11.3 Å². The molecule has 0 amide bonds. The average Bonchev–Trinajstić information content (AvgIpc) is 2.83. The average molecular weight is 255 g/mol. The Morgan fingerprint density at radius 3 is 2.65 bits per heavy atom. The number of benzene rings is 1. The number of nitrogens with one attached hydrogen (secondary N) is 1. The Labute approximate surface area is 98.1 Å². The van der Waals surface area contributed by atoms with E-state index in [1.807, 2.05) is 0 Å². The van der Waals surface area contributed by atoms with Crippen molar-refractivity contribution in [3.63, 3.8) is 0 Å². The number of sulfonamides is 1. The summed E-state index contributed by atoms with van der Waals surface area (Å²) in [5.41, 5.74) is 0.117. The second kappa shape index (κ2) is 4.31. The highest BCUT2D eigenvalue weighted by Gasteiger charge is 2.16. The molecular formula is C11H10FNO3S. The Kier molecular flexibility index (Phi) is 2.99. The van der Waals surface area contributed by atoms with Crippen molar-refractivity contribution in [3.05, 3.63) is 42.4 Å². The maximum absolute atomic E-state index is 13.5. The zero-order valence-corrected chi connectivity index (χ0v) is 9.79. The molecule has 1 aromatic heterocycles. The van der Waals surface area contributed by atoms with Crippen LogP contribution in [-0.4, -0.2) is 15.5 Å². The van der Waals surface area contributed by atoms with E-state index in [4.69, 9.17) is 4.42 Å². The van der Waals surface area contributed by atoms with Crippen molar-refractivity contribution in [3.8, 4) is 11.3 Å². The molecule has 1 N–H and O–H groups in total. The van der Waals surface area contributed by atoms with Crippen LogP contribution in [0.4, 0.5) is 4.39 Å². The summed E-state index contributed by atoms with van der Waals surface area (Å²) in [5, 5.41) is 0. The Hall–Kier alpha value is -1.66. The van der Waals surface area contributed by atoms with Crippen LogP contribution in [0.1, 0.15) is 0 Å². The van der Waals surface area contributed by atoms with Gasteiger partial charge in [0.05, 0.1) is 16.7 Å². The standard InChI is InChI=1S/C11H10FNO3S/c1-13-17(14,15)8-4-5-10(12)9(7-8)11-3-2-6-16-11/h2-7,13H,1H3. The van der Waals surface area contributed by atoms with E-state index in [9.17, 15) is 12.8 Å². The van der Waals surface area contributed by atoms with Crippen molar-refractivity contribution in [1.82, 2.24) is 4.72 Å². The molecule has 1 heterocycles. The summed E-state index contributed by atoms with van der Waals surface area (Å²) in [6.07, 6.45) is 1.40. The van der Waals surface area contributed by atoms with Crippen LogP contribution in [-0.2, 0) is 10.0 Å². The van der Waals surface area contributed by atoms with Crippen molar-refractivity contribution in [2.24, 2.45) is 0 Å². The zero-order valence-electron chi connectivity index (χ0n) is 8.98. The van der Waals surface area contributed by atoms with Gasteiger partial charge in [-0.05, 0) is 37.4 Å². The van der Waals surface area contributed by atoms with Crippen LogP contribution < -0.4 is 4.72 Å². The van der Waals surface area contributed by atoms with E-state index in [2.05, 4.69) is 4.72 Å². The molecule has 17 heavy (non-hydrogen) atoms. The molecule has 0 radical (unpaired) electrons. The summed E-state index contributed by atoms with van der Waals surface area (Å²) in [7, 11) is -2.29. The van der Waals surface area contributed by atoms with Crippen LogP contribution in [0.3, 0.4) is 0 Å². The molecule has 2 aromatic rings. The lowest BCUT2D eigenvalue weighted by Crippen LogP contribution is -2.18. The lowest BCUT2D eigenvalue weighted by atomic mass is 10.1. The quantitative estimate of drug-likeness (QED) is 0.912. The van der Waals surface area contributed by atoms with E-state index in [0.29, 0.717) is 0 Å². The fourth-order valence-electron chi connectivity index (χ4n) is 1.41. The molecule has 1 aromatic carbocycles. The van der Waals surface area contributed by atoms with Crippen molar-refractivity contribution >= 4 is 10.0 Å². The second-order valence-corrected chi connectivity index (χ2v) is 5.21. The zero-order chi connectivity index (χ0) is 12.5. The van der Waals surface area contributed by atoms with E-state index in [0.717, 1.165) is 6.07 Å². The first kappa shape index (κ1) is 11.8. The van der Waals surface area contributed by atoms with E-state index >= 15 is 0 Å². The first-order valence-electron chi connectivity index (χ1n) is 4.81. The third kappa shape index (κ3) is 2.22. The third-order valence-corrected chi connectivity index (χ3v) is 3.72. The first-order valence-corrected chi connectivity index (χ1v) is 6.30. The molecule has 0 atom stereocenters. The van der Waals surface area contributed by atoms with Crippen molar-refractivity contribution in [2.75, 3.05) is 7.05 Å². The molecule has 0 bridgehead atoms. The normalized spacial score (nSPS) is 11.6. The van der Waals surface area contributed by atoms with Gasteiger partial charge < -0.3 is 4.42 Å². The number of furan rings is 1. The van der Waals surface area contributed by atoms with E-state index in [1.54, 1.807) is 12.1 Å². The molecule has 0 unspecified atom stereocenters. The van der Waals surface area contributed by atoms with Gasteiger partial charge in [-0.3, -0.25) is 0 Å². The lowest BCUT2D eigenvalue weighted by Gasteiger charge is -2.05. The summed E-state index contributed by atoms with van der Waals surface area (Å²) in [6, 6.07) is 6.71. The predicted octanol–water partition coefficient (Wildman–Crippen LogP) is 1.99. The van der Waals surface area contributed by atoms with Gasteiger partial charge >= 0.3 is 0 Å². The topological polar surface area (TPSA) is 59.3 Å². The number of halogens is 1. The third-order valence-electron chi connectivity index (χ3n) is 2.30. The molecule has 0 spiro atoms. The van der Waals surface area contributed by atoms with Gasteiger partial charge in [0.1, 0.15) is 11.6 Å². The minimum atomic E-state index is -3.59. The van der Waals surface area contributed by atoms with Gasteiger partial charge in [0.15, 0.2) is 0 Å². The molecule has 0 saturated heterocycles. The summed E-state index contributed by atoms with van der Waals surface area (Å²) in [5.74, 6) is -0.245. The van der Waals surface area contributed by atoms with Crippen LogP contribution >= 0.6 is 0 Å².